The van der Waals surface area contributed by atoms with E-state index in [2.05, 4.69) is 17.1 Å². The van der Waals surface area contributed by atoms with E-state index < -0.39 is 0 Å². The van der Waals surface area contributed by atoms with Gasteiger partial charge in [0, 0.05) is 26.2 Å². The van der Waals surface area contributed by atoms with Gasteiger partial charge in [0.2, 0.25) is 0 Å². The van der Waals surface area contributed by atoms with Crippen molar-refractivity contribution < 1.29 is 4.74 Å². The molecule has 1 fully saturated rings. The van der Waals surface area contributed by atoms with Crippen molar-refractivity contribution in [3.63, 3.8) is 0 Å². The Bertz CT molecular complexity index is 1010. The topological polar surface area (TPSA) is 59.4 Å². The molecule has 1 saturated heterocycles. The Morgan fingerprint density at radius 1 is 1.11 bits per heavy atom. The van der Waals surface area contributed by atoms with Crippen LogP contribution in [0.1, 0.15) is 25.7 Å². The quantitative estimate of drug-likeness (QED) is 0.740. The third kappa shape index (κ3) is 3.53. The number of para-hydroxylation sites is 1. The first-order valence-corrected chi connectivity index (χ1v) is 9.88. The molecule has 146 valence electrons. The Morgan fingerprint density at radius 2 is 1.82 bits per heavy atom. The van der Waals surface area contributed by atoms with Crippen LogP contribution in [0.25, 0.3) is 16.6 Å². The SMILES string of the molecule is CCOc1ccc(-n2c([C@H](C)N3CCNCC3)nc3ccccc3c2=O)cc1. The molecule has 3 aromatic rings. The summed E-state index contributed by atoms with van der Waals surface area (Å²) >= 11 is 0. The van der Waals surface area contributed by atoms with Crippen molar-refractivity contribution in [3.8, 4) is 11.4 Å². The lowest BCUT2D eigenvalue weighted by atomic mass is 10.1. The second-order valence-corrected chi connectivity index (χ2v) is 7.02. The highest BCUT2D eigenvalue weighted by Gasteiger charge is 2.24. The Kier molecular flexibility index (Phi) is 5.41. The second-order valence-electron chi connectivity index (χ2n) is 7.02. The fourth-order valence-corrected chi connectivity index (χ4v) is 3.77. The van der Waals surface area contributed by atoms with Gasteiger partial charge in [-0.25, -0.2) is 4.98 Å². The summed E-state index contributed by atoms with van der Waals surface area (Å²) in [6, 6.07) is 15.3. The molecular weight excluding hydrogens is 352 g/mol. The van der Waals surface area contributed by atoms with E-state index in [0.29, 0.717) is 12.0 Å². The highest BCUT2D eigenvalue weighted by Crippen LogP contribution is 2.24. The molecule has 2 heterocycles. The molecule has 0 saturated carbocycles. The first-order valence-electron chi connectivity index (χ1n) is 9.88. The largest absolute Gasteiger partial charge is 0.494 e. The second kappa shape index (κ2) is 8.12. The molecule has 0 spiro atoms. The smallest absolute Gasteiger partial charge is 0.266 e. The van der Waals surface area contributed by atoms with E-state index in [9.17, 15) is 4.79 Å². The van der Waals surface area contributed by atoms with Crippen LogP contribution in [0.4, 0.5) is 0 Å². The average Bonchev–Trinajstić information content (AvgIpc) is 2.75. The lowest BCUT2D eigenvalue weighted by Gasteiger charge is -2.33. The molecule has 0 amide bonds. The Labute approximate surface area is 164 Å². The minimum absolute atomic E-state index is 0.0333. The van der Waals surface area contributed by atoms with Crippen LogP contribution >= 0.6 is 0 Å². The minimum Gasteiger partial charge on any atom is -0.494 e. The van der Waals surface area contributed by atoms with Crippen LogP contribution in [0.2, 0.25) is 0 Å². The Hall–Kier alpha value is -2.70. The number of nitrogens with zero attached hydrogens (tertiary/aromatic N) is 3. The molecule has 1 aromatic heterocycles. The maximum absolute atomic E-state index is 13.4. The highest BCUT2D eigenvalue weighted by molar-refractivity contribution is 5.77. The van der Waals surface area contributed by atoms with Crippen LogP contribution in [-0.4, -0.2) is 47.2 Å². The van der Waals surface area contributed by atoms with Crippen molar-refractivity contribution >= 4 is 10.9 Å². The van der Waals surface area contributed by atoms with Crippen molar-refractivity contribution in [2.75, 3.05) is 32.8 Å². The van der Waals surface area contributed by atoms with Gasteiger partial charge < -0.3 is 10.1 Å². The molecule has 0 radical (unpaired) electrons. The van der Waals surface area contributed by atoms with Gasteiger partial charge in [-0.2, -0.15) is 0 Å². The van der Waals surface area contributed by atoms with Crippen molar-refractivity contribution in [2.45, 2.75) is 19.9 Å². The van der Waals surface area contributed by atoms with E-state index in [1.54, 1.807) is 4.57 Å². The third-order valence-electron chi connectivity index (χ3n) is 5.28. The van der Waals surface area contributed by atoms with E-state index in [4.69, 9.17) is 9.72 Å². The van der Waals surface area contributed by atoms with E-state index >= 15 is 0 Å². The number of benzene rings is 2. The average molecular weight is 378 g/mol. The van der Waals surface area contributed by atoms with Gasteiger partial charge in [0.15, 0.2) is 0 Å². The molecule has 1 aliphatic rings. The van der Waals surface area contributed by atoms with Gasteiger partial charge in [-0.3, -0.25) is 14.3 Å². The summed E-state index contributed by atoms with van der Waals surface area (Å²) in [6.07, 6.45) is 0. The molecule has 1 atom stereocenters. The number of piperazine rings is 1. The normalized spacial score (nSPS) is 16.2. The monoisotopic (exact) mass is 378 g/mol. The number of hydrogen-bond acceptors (Lipinski definition) is 5. The first-order chi connectivity index (χ1) is 13.7. The van der Waals surface area contributed by atoms with Gasteiger partial charge in [-0.1, -0.05) is 12.1 Å². The molecule has 4 rings (SSSR count). The zero-order valence-electron chi connectivity index (χ0n) is 16.4. The number of fused-ring (bicyclic) bond motifs is 1. The summed E-state index contributed by atoms with van der Waals surface area (Å²) in [7, 11) is 0. The van der Waals surface area contributed by atoms with Crippen molar-refractivity contribution in [3.05, 3.63) is 64.7 Å². The predicted molar refractivity (Wildman–Crippen MR) is 111 cm³/mol. The van der Waals surface area contributed by atoms with E-state index in [-0.39, 0.29) is 11.6 Å². The van der Waals surface area contributed by atoms with Gasteiger partial charge in [-0.15, -0.1) is 0 Å². The van der Waals surface area contributed by atoms with Crippen molar-refractivity contribution in [1.29, 1.82) is 0 Å². The fraction of sp³-hybridized carbons (Fsp3) is 0.364. The molecule has 2 aromatic carbocycles. The molecule has 1 N–H and O–H groups in total. The predicted octanol–water partition coefficient (Wildman–Crippen LogP) is 2.75. The van der Waals surface area contributed by atoms with Gasteiger partial charge in [0.05, 0.1) is 29.2 Å². The Morgan fingerprint density at radius 3 is 2.54 bits per heavy atom. The van der Waals surface area contributed by atoms with Gasteiger partial charge in [-0.05, 0) is 50.2 Å². The summed E-state index contributed by atoms with van der Waals surface area (Å²) in [5.74, 6) is 1.57. The van der Waals surface area contributed by atoms with Gasteiger partial charge in [0.25, 0.3) is 5.56 Å². The summed E-state index contributed by atoms with van der Waals surface area (Å²) in [5.41, 5.74) is 1.52. The number of rotatable bonds is 5. The third-order valence-corrected chi connectivity index (χ3v) is 5.28. The molecule has 1 aliphatic heterocycles. The zero-order valence-corrected chi connectivity index (χ0v) is 16.4. The molecule has 6 heteroatoms. The Balaban J connectivity index is 1.86. The number of nitrogens with one attached hydrogen (secondary N) is 1. The lowest BCUT2D eigenvalue weighted by molar-refractivity contribution is 0.177. The summed E-state index contributed by atoms with van der Waals surface area (Å²) < 4.78 is 7.31. The van der Waals surface area contributed by atoms with Gasteiger partial charge >= 0.3 is 0 Å². The highest BCUT2D eigenvalue weighted by atomic mass is 16.5. The lowest BCUT2D eigenvalue weighted by Crippen LogP contribution is -2.45. The summed E-state index contributed by atoms with van der Waals surface area (Å²) in [5, 5.41) is 4.01. The maximum atomic E-state index is 13.4. The van der Waals surface area contributed by atoms with Crippen LogP contribution < -0.4 is 15.6 Å². The van der Waals surface area contributed by atoms with E-state index in [1.807, 2.05) is 55.5 Å². The van der Waals surface area contributed by atoms with E-state index in [1.165, 1.54) is 0 Å². The van der Waals surface area contributed by atoms with Crippen LogP contribution in [0.5, 0.6) is 5.75 Å². The number of aromatic nitrogens is 2. The fourth-order valence-electron chi connectivity index (χ4n) is 3.77. The van der Waals surface area contributed by atoms with Gasteiger partial charge in [0.1, 0.15) is 11.6 Å². The minimum atomic E-state index is -0.0354. The standard InChI is InChI=1S/C22H26N4O2/c1-3-28-18-10-8-17(9-11-18)26-21(16(2)25-14-12-23-13-15-25)24-20-7-5-4-6-19(20)22(26)27/h4-11,16,23H,3,12-15H2,1-2H3/t16-/m0/s1. The first kappa shape index (κ1) is 18.7. The number of ether oxygens (including phenoxy) is 1. The van der Waals surface area contributed by atoms with Crippen LogP contribution in [0.3, 0.4) is 0 Å². The number of hydrogen-bond donors (Lipinski definition) is 1. The molecule has 6 nitrogen and oxygen atoms in total. The molecular formula is C22H26N4O2. The zero-order chi connectivity index (χ0) is 19.5. The molecule has 28 heavy (non-hydrogen) atoms. The van der Waals surface area contributed by atoms with Crippen molar-refractivity contribution in [1.82, 2.24) is 19.8 Å². The van der Waals surface area contributed by atoms with Crippen LogP contribution in [0, 0.1) is 0 Å². The summed E-state index contributed by atoms with van der Waals surface area (Å²) in [6.45, 7) is 8.48. The summed E-state index contributed by atoms with van der Waals surface area (Å²) in [4.78, 5) is 20.7. The molecule has 0 bridgehead atoms. The van der Waals surface area contributed by atoms with Crippen LogP contribution in [0.15, 0.2) is 53.3 Å². The molecule has 0 unspecified atom stereocenters. The maximum Gasteiger partial charge on any atom is 0.266 e. The van der Waals surface area contributed by atoms with Crippen molar-refractivity contribution in [2.24, 2.45) is 0 Å². The van der Waals surface area contributed by atoms with Crippen LogP contribution in [-0.2, 0) is 0 Å². The van der Waals surface area contributed by atoms with E-state index in [0.717, 1.165) is 49.0 Å². The molecule has 0 aliphatic carbocycles.